The lowest BCUT2D eigenvalue weighted by Gasteiger charge is -2.23. The SMILES string of the molecule is COc1ccc(Cl)cc1NC(=O)CN(c1ccc(C)c(C)c1)S(C)(=O)=O. The lowest BCUT2D eigenvalue weighted by Crippen LogP contribution is -2.37. The molecule has 0 heterocycles. The number of carbonyl (C=O) groups excluding carboxylic acids is 1. The molecular weight excluding hydrogens is 376 g/mol. The molecule has 0 atom stereocenters. The highest BCUT2D eigenvalue weighted by molar-refractivity contribution is 7.92. The number of nitrogens with one attached hydrogen (secondary N) is 1. The number of amides is 1. The minimum absolute atomic E-state index is 0.364. The van der Waals surface area contributed by atoms with Crippen LogP contribution in [0.2, 0.25) is 5.02 Å². The number of rotatable bonds is 6. The number of methoxy groups -OCH3 is 1. The van der Waals surface area contributed by atoms with E-state index in [9.17, 15) is 13.2 Å². The molecular formula is C18H21ClN2O4S. The summed E-state index contributed by atoms with van der Waals surface area (Å²) in [5, 5.41) is 3.07. The molecule has 8 heteroatoms. The summed E-state index contributed by atoms with van der Waals surface area (Å²) in [7, 11) is -2.17. The van der Waals surface area contributed by atoms with Gasteiger partial charge in [-0.15, -0.1) is 0 Å². The maximum atomic E-state index is 12.5. The van der Waals surface area contributed by atoms with Crippen molar-refractivity contribution in [1.82, 2.24) is 0 Å². The molecule has 2 aromatic rings. The van der Waals surface area contributed by atoms with E-state index >= 15 is 0 Å². The maximum absolute atomic E-state index is 12.5. The summed E-state index contributed by atoms with van der Waals surface area (Å²) in [4.78, 5) is 12.5. The Bertz CT molecular complexity index is 929. The lowest BCUT2D eigenvalue weighted by molar-refractivity contribution is -0.114. The fraction of sp³-hybridized carbons (Fsp3) is 0.278. The molecule has 0 saturated carbocycles. The normalized spacial score (nSPS) is 11.1. The van der Waals surface area contributed by atoms with Gasteiger partial charge in [0.1, 0.15) is 12.3 Å². The molecule has 2 aromatic carbocycles. The van der Waals surface area contributed by atoms with Gasteiger partial charge in [0.05, 0.1) is 24.7 Å². The van der Waals surface area contributed by atoms with Crippen LogP contribution in [-0.2, 0) is 14.8 Å². The molecule has 140 valence electrons. The van der Waals surface area contributed by atoms with Crippen molar-refractivity contribution in [3.05, 3.63) is 52.5 Å². The molecule has 26 heavy (non-hydrogen) atoms. The second-order valence-electron chi connectivity index (χ2n) is 5.93. The fourth-order valence-corrected chi connectivity index (χ4v) is 3.40. The number of hydrogen-bond donors (Lipinski definition) is 1. The Morgan fingerprint density at radius 2 is 1.85 bits per heavy atom. The van der Waals surface area contributed by atoms with Gasteiger partial charge in [0.15, 0.2) is 0 Å². The highest BCUT2D eigenvalue weighted by atomic mass is 35.5. The first-order valence-corrected chi connectivity index (χ1v) is 10.0. The molecule has 0 aliphatic heterocycles. The molecule has 0 unspecified atom stereocenters. The minimum atomic E-state index is -3.64. The Morgan fingerprint density at radius 1 is 1.15 bits per heavy atom. The molecule has 0 aliphatic rings. The first-order valence-electron chi connectivity index (χ1n) is 7.80. The van der Waals surface area contributed by atoms with Crippen molar-refractivity contribution in [2.24, 2.45) is 0 Å². The lowest BCUT2D eigenvalue weighted by atomic mass is 10.1. The summed E-state index contributed by atoms with van der Waals surface area (Å²) in [5.74, 6) is -0.0749. The van der Waals surface area contributed by atoms with Gasteiger partial charge in [-0.1, -0.05) is 17.7 Å². The van der Waals surface area contributed by atoms with E-state index in [0.717, 1.165) is 21.7 Å². The van der Waals surface area contributed by atoms with E-state index in [1.54, 1.807) is 30.3 Å². The number of ether oxygens (including phenoxy) is 1. The Kier molecular flexibility index (Phi) is 6.15. The molecule has 0 fully saturated rings. The smallest absolute Gasteiger partial charge is 0.245 e. The zero-order chi connectivity index (χ0) is 19.5. The predicted octanol–water partition coefficient (Wildman–Crippen LogP) is 3.37. The molecule has 0 spiro atoms. The average Bonchev–Trinajstić information content (AvgIpc) is 2.54. The molecule has 0 radical (unpaired) electrons. The van der Waals surface area contributed by atoms with Crippen molar-refractivity contribution < 1.29 is 17.9 Å². The summed E-state index contributed by atoms with van der Waals surface area (Å²) in [5.41, 5.74) is 2.78. The number of anilines is 2. The van der Waals surface area contributed by atoms with Crippen molar-refractivity contribution in [3.8, 4) is 5.75 Å². The number of nitrogens with zero attached hydrogens (tertiary/aromatic N) is 1. The van der Waals surface area contributed by atoms with Crippen LogP contribution >= 0.6 is 11.6 Å². The van der Waals surface area contributed by atoms with E-state index in [0.29, 0.717) is 22.1 Å². The Labute approximate surface area is 158 Å². The van der Waals surface area contributed by atoms with Crippen molar-refractivity contribution in [3.63, 3.8) is 0 Å². The molecule has 0 aromatic heterocycles. The number of sulfonamides is 1. The van der Waals surface area contributed by atoms with Crippen LogP contribution < -0.4 is 14.4 Å². The maximum Gasteiger partial charge on any atom is 0.245 e. The third-order valence-corrected chi connectivity index (χ3v) is 5.28. The van der Waals surface area contributed by atoms with Crippen LogP contribution in [0, 0.1) is 13.8 Å². The topological polar surface area (TPSA) is 75.7 Å². The predicted molar refractivity (Wildman–Crippen MR) is 105 cm³/mol. The van der Waals surface area contributed by atoms with Gasteiger partial charge in [-0.05, 0) is 55.3 Å². The largest absolute Gasteiger partial charge is 0.495 e. The van der Waals surface area contributed by atoms with Gasteiger partial charge in [0, 0.05) is 5.02 Å². The van der Waals surface area contributed by atoms with Crippen molar-refractivity contribution in [1.29, 1.82) is 0 Å². The zero-order valence-electron chi connectivity index (χ0n) is 15.0. The van der Waals surface area contributed by atoms with Crippen LogP contribution in [0.3, 0.4) is 0 Å². The Balaban J connectivity index is 2.28. The summed E-state index contributed by atoms with van der Waals surface area (Å²) >= 11 is 5.95. The van der Waals surface area contributed by atoms with Crippen LogP contribution in [0.1, 0.15) is 11.1 Å². The Morgan fingerprint density at radius 3 is 2.42 bits per heavy atom. The Hall–Kier alpha value is -2.25. The van der Waals surface area contributed by atoms with Crippen LogP contribution in [0.15, 0.2) is 36.4 Å². The van der Waals surface area contributed by atoms with E-state index in [4.69, 9.17) is 16.3 Å². The molecule has 2 rings (SSSR count). The third kappa shape index (κ3) is 4.89. The first kappa shape index (κ1) is 20.1. The van der Waals surface area contributed by atoms with E-state index in [2.05, 4.69) is 5.32 Å². The van der Waals surface area contributed by atoms with E-state index in [-0.39, 0.29) is 6.54 Å². The summed E-state index contributed by atoms with van der Waals surface area (Å²) in [6, 6.07) is 10.0. The van der Waals surface area contributed by atoms with Gasteiger partial charge < -0.3 is 10.1 Å². The van der Waals surface area contributed by atoms with E-state index < -0.39 is 15.9 Å². The second kappa shape index (κ2) is 7.97. The highest BCUT2D eigenvalue weighted by Crippen LogP contribution is 2.28. The van der Waals surface area contributed by atoms with Crippen LogP contribution in [0.4, 0.5) is 11.4 Å². The van der Waals surface area contributed by atoms with Gasteiger partial charge in [-0.25, -0.2) is 8.42 Å². The van der Waals surface area contributed by atoms with Gasteiger partial charge in [0.25, 0.3) is 0 Å². The number of benzene rings is 2. The molecule has 0 aliphatic carbocycles. The monoisotopic (exact) mass is 396 g/mol. The first-order chi connectivity index (χ1) is 12.1. The van der Waals surface area contributed by atoms with Gasteiger partial charge in [-0.2, -0.15) is 0 Å². The van der Waals surface area contributed by atoms with E-state index in [1.165, 1.54) is 7.11 Å². The molecule has 0 bridgehead atoms. The van der Waals surface area contributed by atoms with Gasteiger partial charge in [-0.3, -0.25) is 9.10 Å². The van der Waals surface area contributed by atoms with Gasteiger partial charge in [0.2, 0.25) is 15.9 Å². The number of halogens is 1. The molecule has 0 saturated heterocycles. The molecule has 1 amide bonds. The van der Waals surface area contributed by atoms with Crippen molar-refractivity contribution >= 4 is 38.9 Å². The average molecular weight is 397 g/mol. The summed E-state index contributed by atoms with van der Waals surface area (Å²) < 4.78 is 30.6. The minimum Gasteiger partial charge on any atom is -0.495 e. The third-order valence-electron chi connectivity index (χ3n) is 3.90. The highest BCUT2D eigenvalue weighted by Gasteiger charge is 2.22. The fourth-order valence-electron chi connectivity index (χ4n) is 2.38. The van der Waals surface area contributed by atoms with Gasteiger partial charge >= 0.3 is 0 Å². The molecule has 1 N–H and O–H groups in total. The van der Waals surface area contributed by atoms with Crippen LogP contribution in [0.5, 0.6) is 5.75 Å². The number of hydrogen-bond acceptors (Lipinski definition) is 4. The number of carbonyl (C=O) groups is 1. The summed E-state index contributed by atoms with van der Waals surface area (Å²) in [6.07, 6.45) is 1.06. The van der Waals surface area contributed by atoms with Crippen LogP contribution in [0.25, 0.3) is 0 Å². The zero-order valence-corrected chi connectivity index (χ0v) is 16.6. The standard InChI is InChI=1S/C18H21ClN2O4S/c1-12-5-7-15(9-13(12)2)21(26(4,23)24)11-18(22)20-16-10-14(19)6-8-17(16)25-3/h5-10H,11H2,1-4H3,(H,20,22). The molecule has 6 nitrogen and oxygen atoms in total. The van der Waals surface area contributed by atoms with Crippen molar-refractivity contribution in [2.75, 3.05) is 29.5 Å². The van der Waals surface area contributed by atoms with Crippen molar-refractivity contribution in [2.45, 2.75) is 13.8 Å². The van der Waals surface area contributed by atoms with E-state index in [1.807, 2.05) is 19.9 Å². The number of aryl methyl sites for hydroxylation is 2. The second-order valence-corrected chi connectivity index (χ2v) is 8.27. The van der Waals surface area contributed by atoms with Crippen LogP contribution in [-0.4, -0.2) is 34.2 Å². The summed E-state index contributed by atoms with van der Waals surface area (Å²) in [6.45, 7) is 3.45. The quantitative estimate of drug-likeness (QED) is 0.812.